The van der Waals surface area contributed by atoms with Crippen molar-refractivity contribution in [2.75, 3.05) is 6.61 Å². The number of primary amides is 1. The summed E-state index contributed by atoms with van der Waals surface area (Å²) in [5, 5.41) is 10.5. The highest BCUT2D eigenvalue weighted by molar-refractivity contribution is 6.20. The molecule has 0 saturated carbocycles. The molecule has 1 aromatic heterocycles. The van der Waals surface area contributed by atoms with Crippen LogP contribution in [0.3, 0.4) is 0 Å². The van der Waals surface area contributed by atoms with E-state index < -0.39 is 18.5 Å². The molecule has 6 heteroatoms. The molecule has 174 valence electrons. The molecule has 0 bridgehead atoms. The van der Waals surface area contributed by atoms with Crippen LogP contribution in [0.4, 0.5) is 0 Å². The first-order valence-electron chi connectivity index (χ1n) is 11.3. The van der Waals surface area contributed by atoms with Crippen LogP contribution < -0.4 is 10.5 Å². The minimum Gasteiger partial charge on any atom is -0.481 e. The lowest BCUT2D eigenvalue weighted by molar-refractivity contribution is -0.139. The first-order chi connectivity index (χ1) is 16.9. The quantitative estimate of drug-likeness (QED) is 0.338. The summed E-state index contributed by atoms with van der Waals surface area (Å²) in [5.41, 5.74) is 12.0. The summed E-state index contributed by atoms with van der Waals surface area (Å²) in [6.07, 6.45) is 0. The Morgan fingerprint density at radius 3 is 2.37 bits per heavy atom. The largest absolute Gasteiger partial charge is 0.481 e. The molecule has 0 fully saturated rings. The van der Waals surface area contributed by atoms with Crippen LogP contribution in [0.15, 0.2) is 84.9 Å². The minimum absolute atomic E-state index is 0.367. The van der Waals surface area contributed by atoms with Crippen LogP contribution in [0, 0.1) is 6.92 Å². The van der Waals surface area contributed by atoms with E-state index in [1.54, 1.807) is 12.1 Å². The maximum Gasteiger partial charge on any atom is 0.341 e. The summed E-state index contributed by atoms with van der Waals surface area (Å²) in [6.45, 7) is 1.98. The van der Waals surface area contributed by atoms with Crippen molar-refractivity contribution < 1.29 is 19.4 Å². The SMILES string of the molecule is Cc1cc(OCC(=O)O)c2c3c(C(N)=O)cccc3n(Cc3ccccc3-c3ccccc3)c2c1. The van der Waals surface area contributed by atoms with Gasteiger partial charge in [0.15, 0.2) is 6.61 Å². The average Bonchev–Trinajstić information content (AvgIpc) is 3.16. The summed E-state index contributed by atoms with van der Waals surface area (Å²) in [4.78, 5) is 23.6. The highest BCUT2D eigenvalue weighted by Crippen LogP contribution is 2.39. The number of nitrogens with two attached hydrogens (primary N) is 1. The highest BCUT2D eigenvalue weighted by Gasteiger charge is 2.21. The fraction of sp³-hybridized carbons (Fsp3) is 0.103. The van der Waals surface area contributed by atoms with Gasteiger partial charge in [-0.15, -0.1) is 0 Å². The van der Waals surface area contributed by atoms with Crippen molar-refractivity contribution in [1.29, 1.82) is 0 Å². The number of hydrogen-bond donors (Lipinski definition) is 2. The van der Waals surface area contributed by atoms with Crippen molar-refractivity contribution in [2.45, 2.75) is 13.5 Å². The molecule has 4 aromatic carbocycles. The van der Waals surface area contributed by atoms with Gasteiger partial charge >= 0.3 is 5.97 Å². The highest BCUT2D eigenvalue weighted by atomic mass is 16.5. The maximum absolute atomic E-state index is 12.4. The number of carbonyl (C=O) groups excluding carboxylic acids is 1. The van der Waals surface area contributed by atoms with Crippen molar-refractivity contribution >= 4 is 33.7 Å². The molecule has 6 nitrogen and oxygen atoms in total. The van der Waals surface area contributed by atoms with Gasteiger partial charge in [-0.3, -0.25) is 4.79 Å². The number of fused-ring (bicyclic) bond motifs is 3. The first kappa shape index (κ1) is 22.2. The monoisotopic (exact) mass is 464 g/mol. The second-order valence-electron chi connectivity index (χ2n) is 8.51. The Bertz CT molecular complexity index is 1590. The minimum atomic E-state index is -1.07. The normalized spacial score (nSPS) is 11.1. The third kappa shape index (κ3) is 4.10. The van der Waals surface area contributed by atoms with Gasteiger partial charge in [0.25, 0.3) is 0 Å². The number of aromatic nitrogens is 1. The van der Waals surface area contributed by atoms with Crippen molar-refractivity contribution in [1.82, 2.24) is 4.57 Å². The van der Waals surface area contributed by atoms with Gasteiger partial charge in [-0.1, -0.05) is 60.7 Å². The molecular weight excluding hydrogens is 440 g/mol. The van der Waals surface area contributed by atoms with E-state index in [1.165, 1.54) is 0 Å². The zero-order chi connectivity index (χ0) is 24.5. The van der Waals surface area contributed by atoms with Gasteiger partial charge in [0, 0.05) is 17.5 Å². The van der Waals surface area contributed by atoms with E-state index in [1.807, 2.05) is 55.5 Å². The lowest BCUT2D eigenvalue weighted by Crippen LogP contribution is -2.11. The Labute approximate surface area is 202 Å². The van der Waals surface area contributed by atoms with E-state index in [2.05, 4.69) is 28.8 Å². The third-order valence-electron chi connectivity index (χ3n) is 6.15. The fourth-order valence-electron chi connectivity index (χ4n) is 4.71. The third-order valence-corrected chi connectivity index (χ3v) is 6.15. The summed E-state index contributed by atoms with van der Waals surface area (Å²) in [5.74, 6) is -1.21. The van der Waals surface area contributed by atoms with Gasteiger partial charge in [0.2, 0.25) is 5.91 Å². The standard InChI is InChI=1S/C29H24N2O4/c1-18-14-24-28(25(15-18)35-17-26(32)33)27-22(29(30)34)12-7-13-23(27)31(24)16-20-10-5-6-11-21(20)19-8-3-2-4-9-19/h2-15H,16-17H2,1H3,(H2,30,34)(H,32,33). The number of aliphatic carboxylic acids is 1. The summed E-state index contributed by atoms with van der Waals surface area (Å²) in [6, 6.07) is 27.7. The van der Waals surface area contributed by atoms with Gasteiger partial charge in [-0.2, -0.15) is 0 Å². The molecule has 35 heavy (non-hydrogen) atoms. The number of carboxylic acid groups (broad SMARTS) is 1. The summed E-state index contributed by atoms with van der Waals surface area (Å²) < 4.78 is 7.83. The van der Waals surface area contributed by atoms with Crippen LogP contribution in [0.2, 0.25) is 0 Å². The lowest BCUT2D eigenvalue weighted by atomic mass is 9.99. The number of rotatable bonds is 7. The Morgan fingerprint density at radius 1 is 0.886 bits per heavy atom. The Balaban J connectivity index is 1.79. The Morgan fingerprint density at radius 2 is 1.63 bits per heavy atom. The van der Waals surface area contributed by atoms with Crippen LogP contribution >= 0.6 is 0 Å². The fourth-order valence-corrected chi connectivity index (χ4v) is 4.71. The number of carboxylic acids is 1. The van der Waals surface area contributed by atoms with Crippen LogP contribution in [0.5, 0.6) is 5.75 Å². The van der Waals surface area contributed by atoms with E-state index >= 15 is 0 Å². The van der Waals surface area contributed by atoms with Crippen LogP contribution in [0.25, 0.3) is 32.9 Å². The second kappa shape index (κ2) is 8.99. The van der Waals surface area contributed by atoms with Crippen molar-refractivity contribution in [2.24, 2.45) is 5.73 Å². The zero-order valence-electron chi connectivity index (χ0n) is 19.2. The molecule has 0 saturated heterocycles. The Kier molecular flexibility index (Phi) is 5.71. The number of aryl methyl sites for hydroxylation is 1. The van der Waals surface area contributed by atoms with Gasteiger partial charge in [-0.25, -0.2) is 4.79 Å². The van der Waals surface area contributed by atoms with Crippen LogP contribution in [-0.2, 0) is 11.3 Å². The molecule has 0 aliphatic carbocycles. The molecular formula is C29H24N2O4. The number of carbonyl (C=O) groups is 2. The molecule has 0 radical (unpaired) electrons. The van der Waals surface area contributed by atoms with Crippen molar-refractivity contribution in [3.63, 3.8) is 0 Å². The predicted octanol–water partition coefficient (Wildman–Crippen LogP) is 5.38. The van der Waals surface area contributed by atoms with Gasteiger partial charge in [-0.05, 0) is 53.4 Å². The molecule has 1 heterocycles. The molecule has 0 unspecified atom stereocenters. The van der Waals surface area contributed by atoms with E-state index in [9.17, 15) is 14.7 Å². The summed E-state index contributed by atoms with van der Waals surface area (Å²) >= 11 is 0. The van der Waals surface area contributed by atoms with Crippen molar-refractivity contribution in [3.05, 3.63) is 102 Å². The lowest BCUT2D eigenvalue weighted by Gasteiger charge is -2.14. The summed E-state index contributed by atoms with van der Waals surface area (Å²) in [7, 11) is 0. The van der Waals surface area contributed by atoms with E-state index in [4.69, 9.17) is 10.5 Å². The van der Waals surface area contributed by atoms with Crippen molar-refractivity contribution in [3.8, 4) is 16.9 Å². The molecule has 1 amide bonds. The van der Waals surface area contributed by atoms with Gasteiger partial charge in [0.05, 0.1) is 16.4 Å². The molecule has 3 N–H and O–H groups in total. The smallest absolute Gasteiger partial charge is 0.341 e. The molecule has 5 rings (SSSR count). The molecule has 0 aliphatic heterocycles. The van der Waals surface area contributed by atoms with E-state index in [0.29, 0.717) is 28.6 Å². The molecule has 0 aliphatic rings. The molecule has 0 atom stereocenters. The topological polar surface area (TPSA) is 94.6 Å². The maximum atomic E-state index is 12.4. The zero-order valence-corrected chi connectivity index (χ0v) is 19.2. The average molecular weight is 465 g/mol. The van der Waals surface area contributed by atoms with Crippen LogP contribution in [-0.4, -0.2) is 28.2 Å². The number of hydrogen-bond acceptors (Lipinski definition) is 3. The Hall–Kier alpha value is -4.58. The molecule has 5 aromatic rings. The number of amides is 1. The van der Waals surface area contributed by atoms with E-state index in [0.717, 1.165) is 33.3 Å². The van der Waals surface area contributed by atoms with Gasteiger partial charge in [0.1, 0.15) is 5.75 Å². The van der Waals surface area contributed by atoms with Gasteiger partial charge < -0.3 is 20.1 Å². The van der Waals surface area contributed by atoms with Crippen LogP contribution in [0.1, 0.15) is 21.5 Å². The second-order valence-corrected chi connectivity index (χ2v) is 8.51. The number of ether oxygens (including phenoxy) is 1. The van der Waals surface area contributed by atoms with E-state index in [-0.39, 0.29) is 0 Å². The number of nitrogens with zero attached hydrogens (tertiary/aromatic N) is 1. The number of benzene rings is 4. The molecule has 0 spiro atoms. The predicted molar refractivity (Wildman–Crippen MR) is 137 cm³/mol. The first-order valence-corrected chi connectivity index (χ1v) is 11.3.